The molecule has 2 fully saturated rings. The summed E-state index contributed by atoms with van der Waals surface area (Å²) in [6.07, 6.45) is 10.9. The van der Waals surface area contributed by atoms with Crippen LogP contribution in [0.3, 0.4) is 0 Å². The molecular formula is C23H29N3O. The lowest BCUT2D eigenvalue weighted by Gasteiger charge is -2.47. The maximum Gasteiger partial charge on any atom is 0.274 e. The fraction of sp³-hybridized carbons (Fsp3) is 0.565. The second-order valence-electron chi connectivity index (χ2n) is 8.48. The van der Waals surface area contributed by atoms with Crippen molar-refractivity contribution in [3.05, 3.63) is 41.7 Å². The molecule has 2 unspecified atom stereocenters. The van der Waals surface area contributed by atoms with Gasteiger partial charge in [-0.15, -0.1) is 0 Å². The van der Waals surface area contributed by atoms with Gasteiger partial charge in [0, 0.05) is 24.7 Å². The van der Waals surface area contributed by atoms with Gasteiger partial charge in [-0.3, -0.25) is 4.79 Å². The molecule has 1 aliphatic carbocycles. The van der Waals surface area contributed by atoms with Crippen molar-refractivity contribution in [3.63, 3.8) is 0 Å². The van der Waals surface area contributed by atoms with E-state index in [0.717, 1.165) is 48.9 Å². The van der Waals surface area contributed by atoms with Gasteiger partial charge in [-0.2, -0.15) is 0 Å². The van der Waals surface area contributed by atoms with Crippen LogP contribution >= 0.6 is 0 Å². The Hall–Kier alpha value is -2.10. The summed E-state index contributed by atoms with van der Waals surface area (Å²) in [4.78, 5) is 20.6. The van der Waals surface area contributed by atoms with E-state index >= 15 is 0 Å². The van der Waals surface area contributed by atoms with Crippen molar-refractivity contribution in [2.24, 2.45) is 5.92 Å². The quantitative estimate of drug-likeness (QED) is 0.777. The first kappa shape index (κ1) is 17.0. The molecule has 2 aliphatic heterocycles. The third-order valence-electron chi connectivity index (χ3n) is 6.81. The molecule has 2 atom stereocenters. The van der Waals surface area contributed by atoms with Crippen molar-refractivity contribution < 1.29 is 4.79 Å². The van der Waals surface area contributed by atoms with Crippen LogP contribution < -0.4 is 0 Å². The number of amides is 1. The molecule has 142 valence electrons. The summed E-state index contributed by atoms with van der Waals surface area (Å²) in [6, 6.07) is 10.8. The largest absolute Gasteiger partial charge is 0.334 e. The van der Waals surface area contributed by atoms with Gasteiger partial charge in [0.05, 0.1) is 5.69 Å². The third kappa shape index (κ3) is 2.99. The number of likely N-dealkylation sites (tertiary alicyclic amines) is 1. The number of hydrogen-bond acceptors (Lipinski definition) is 2. The lowest BCUT2D eigenvalue weighted by molar-refractivity contribution is 0.0117. The van der Waals surface area contributed by atoms with E-state index in [1.165, 1.54) is 50.6 Å². The van der Waals surface area contributed by atoms with Gasteiger partial charge in [0.25, 0.3) is 5.91 Å². The summed E-state index contributed by atoms with van der Waals surface area (Å²) < 4.78 is 2.33. The van der Waals surface area contributed by atoms with Gasteiger partial charge in [0.1, 0.15) is 11.5 Å². The number of hydrogen-bond donors (Lipinski definition) is 0. The number of carbonyl (C=O) groups is 1. The molecule has 4 heteroatoms. The molecule has 2 aromatic rings. The van der Waals surface area contributed by atoms with Crippen LogP contribution in [0, 0.1) is 5.92 Å². The highest BCUT2D eigenvalue weighted by Gasteiger charge is 2.43. The lowest BCUT2D eigenvalue weighted by atomic mass is 9.84. The molecule has 1 aromatic heterocycles. The molecule has 4 nitrogen and oxygen atoms in total. The summed E-state index contributed by atoms with van der Waals surface area (Å²) in [5.41, 5.74) is 3.03. The number of carbonyl (C=O) groups excluding carboxylic acids is 1. The number of aromatic nitrogens is 2. The van der Waals surface area contributed by atoms with E-state index in [-0.39, 0.29) is 5.91 Å². The van der Waals surface area contributed by atoms with Crippen LogP contribution in [0.5, 0.6) is 0 Å². The monoisotopic (exact) mass is 363 g/mol. The van der Waals surface area contributed by atoms with E-state index in [4.69, 9.17) is 4.98 Å². The van der Waals surface area contributed by atoms with Gasteiger partial charge < -0.3 is 9.47 Å². The lowest BCUT2D eigenvalue weighted by Crippen LogP contribution is -2.58. The summed E-state index contributed by atoms with van der Waals surface area (Å²) in [5, 5.41) is 0. The molecule has 1 saturated heterocycles. The summed E-state index contributed by atoms with van der Waals surface area (Å²) in [5.74, 6) is 1.89. The first-order valence-corrected chi connectivity index (χ1v) is 10.8. The minimum absolute atomic E-state index is 0.186. The normalized spacial score (nSPS) is 25.0. The standard InChI is InChI=1S/C23H29N3O/c27-23(26-16-18-12-6-2-7-13-19(18)26)21-20-14-8-3-9-15-25(20)22(24-21)17-10-4-1-5-11-17/h1,4-5,10-11,18-19H,2-3,6-9,12-16H2. The first-order chi connectivity index (χ1) is 13.3. The van der Waals surface area contributed by atoms with Crippen molar-refractivity contribution in [1.82, 2.24) is 14.5 Å². The zero-order valence-electron chi connectivity index (χ0n) is 16.1. The molecule has 0 N–H and O–H groups in total. The van der Waals surface area contributed by atoms with Gasteiger partial charge >= 0.3 is 0 Å². The van der Waals surface area contributed by atoms with Crippen molar-refractivity contribution >= 4 is 5.91 Å². The molecule has 0 radical (unpaired) electrons. The Morgan fingerprint density at radius 2 is 1.78 bits per heavy atom. The molecule has 27 heavy (non-hydrogen) atoms. The second kappa shape index (κ2) is 7.14. The predicted octanol–water partition coefficient (Wildman–Crippen LogP) is 4.68. The Balaban J connectivity index is 1.50. The molecule has 1 aromatic carbocycles. The Morgan fingerprint density at radius 1 is 0.963 bits per heavy atom. The minimum atomic E-state index is 0.186. The van der Waals surface area contributed by atoms with E-state index < -0.39 is 0 Å². The predicted molar refractivity (Wildman–Crippen MR) is 107 cm³/mol. The molecule has 1 amide bonds. The Bertz CT molecular complexity index is 826. The number of nitrogens with zero attached hydrogens (tertiary/aromatic N) is 3. The van der Waals surface area contributed by atoms with E-state index in [1.807, 2.05) is 6.07 Å². The molecule has 5 rings (SSSR count). The van der Waals surface area contributed by atoms with E-state index in [2.05, 4.69) is 33.7 Å². The smallest absolute Gasteiger partial charge is 0.274 e. The van der Waals surface area contributed by atoms with Crippen molar-refractivity contribution in [1.29, 1.82) is 0 Å². The van der Waals surface area contributed by atoms with Crippen LogP contribution in [-0.4, -0.2) is 32.9 Å². The first-order valence-electron chi connectivity index (χ1n) is 10.8. The van der Waals surface area contributed by atoms with E-state index in [9.17, 15) is 4.79 Å². The topological polar surface area (TPSA) is 38.1 Å². The number of imidazole rings is 1. The maximum absolute atomic E-state index is 13.5. The molecule has 0 bridgehead atoms. The van der Waals surface area contributed by atoms with Crippen molar-refractivity contribution in [2.45, 2.75) is 70.4 Å². The number of benzene rings is 1. The van der Waals surface area contributed by atoms with Gasteiger partial charge in [0.15, 0.2) is 0 Å². The van der Waals surface area contributed by atoms with Crippen molar-refractivity contribution in [3.8, 4) is 11.4 Å². The summed E-state index contributed by atoms with van der Waals surface area (Å²) >= 11 is 0. The van der Waals surface area contributed by atoms with Crippen LogP contribution in [-0.2, 0) is 13.0 Å². The van der Waals surface area contributed by atoms with Crippen LogP contribution in [0.4, 0.5) is 0 Å². The van der Waals surface area contributed by atoms with Gasteiger partial charge in [-0.25, -0.2) is 4.98 Å². The van der Waals surface area contributed by atoms with Gasteiger partial charge in [0.2, 0.25) is 0 Å². The number of rotatable bonds is 2. The van der Waals surface area contributed by atoms with Crippen LogP contribution in [0.15, 0.2) is 30.3 Å². The highest BCUT2D eigenvalue weighted by Crippen LogP contribution is 2.38. The van der Waals surface area contributed by atoms with Crippen LogP contribution in [0.25, 0.3) is 11.4 Å². The van der Waals surface area contributed by atoms with E-state index in [1.54, 1.807) is 0 Å². The maximum atomic E-state index is 13.5. The third-order valence-corrected chi connectivity index (χ3v) is 6.81. The van der Waals surface area contributed by atoms with Gasteiger partial charge in [-0.05, 0) is 38.0 Å². The highest BCUT2D eigenvalue weighted by molar-refractivity contribution is 5.95. The van der Waals surface area contributed by atoms with Crippen LogP contribution in [0.1, 0.15) is 67.5 Å². The molecule has 0 spiro atoms. The number of fused-ring (bicyclic) bond motifs is 2. The summed E-state index contributed by atoms with van der Waals surface area (Å²) in [6.45, 7) is 1.92. The molecule has 3 heterocycles. The minimum Gasteiger partial charge on any atom is -0.334 e. The Kier molecular flexibility index (Phi) is 4.50. The molecule has 1 saturated carbocycles. The zero-order valence-corrected chi connectivity index (χ0v) is 16.1. The van der Waals surface area contributed by atoms with Crippen LogP contribution in [0.2, 0.25) is 0 Å². The average molecular weight is 364 g/mol. The van der Waals surface area contributed by atoms with Crippen molar-refractivity contribution in [2.75, 3.05) is 6.54 Å². The fourth-order valence-corrected chi connectivity index (χ4v) is 5.31. The van der Waals surface area contributed by atoms with Gasteiger partial charge in [-0.1, -0.05) is 56.0 Å². The Morgan fingerprint density at radius 3 is 2.67 bits per heavy atom. The zero-order chi connectivity index (χ0) is 18.2. The fourth-order valence-electron chi connectivity index (χ4n) is 5.31. The SMILES string of the molecule is O=C(c1nc(-c2ccccc2)n2c1CCCCC2)N1CC2CCCCCC21. The average Bonchev–Trinajstić information content (AvgIpc) is 2.81. The highest BCUT2D eigenvalue weighted by atomic mass is 16.2. The molecule has 3 aliphatic rings. The van der Waals surface area contributed by atoms with E-state index in [0.29, 0.717) is 6.04 Å². The molecular weight excluding hydrogens is 334 g/mol. The summed E-state index contributed by atoms with van der Waals surface area (Å²) in [7, 11) is 0. The Labute approximate surface area is 161 Å². The second-order valence-corrected chi connectivity index (χ2v) is 8.48.